The lowest BCUT2D eigenvalue weighted by Gasteiger charge is -2.27. The molecule has 5 nitrogen and oxygen atoms in total. The minimum atomic E-state index is -5.19. The first kappa shape index (κ1) is 22.3. The fourth-order valence-electron chi connectivity index (χ4n) is 3.47. The van der Waals surface area contributed by atoms with Crippen molar-refractivity contribution in [1.29, 1.82) is 0 Å². The van der Waals surface area contributed by atoms with Crippen molar-refractivity contribution in [1.82, 2.24) is 0 Å². The van der Waals surface area contributed by atoms with Crippen LogP contribution in [0.5, 0.6) is 0 Å². The summed E-state index contributed by atoms with van der Waals surface area (Å²) in [5, 5.41) is 3.04. The first-order valence-corrected chi connectivity index (χ1v) is 11.2. The Labute approximate surface area is 188 Å². The molecule has 0 saturated heterocycles. The van der Waals surface area contributed by atoms with E-state index in [1.54, 1.807) is 36.4 Å². The monoisotopic (exact) mass is 470 g/mol. The molecule has 4 rings (SSSR count). The van der Waals surface area contributed by atoms with Crippen molar-refractivity contribution in [2.45, 2.75) is 11.2 Å². The van der Waals surface area contributed by atoms with E-state index in [9.17, 15) is 26.4 Å². The highest BCUT2D eigenvalue weighted by molar-refractivity contribution is 7.93. The lowest BCUT2D eigenvalue weighted by Crippen LogP contribution is -2.43. The number of amides is 1. The highest BCUT2D eigenvalue weighted by Gasteiger charge is 2.47. The van der Waals surface area contributed by atoms with E-state index < -0.39 is 37.1 Å². The number of anilines is 2. The average Bonchev–Trinajstić information content (AvgIpc) is 2.79. The summed E-state index contributed by atoms with van der Waals surface area (Å²) in [6.07, 6.45) is -5.19. The Morgan fingerprint density at radius 3 is 1.88 bits per heavy atom. The van der Waals surface area contributed by atoms with Gasteiger partial charge in [-0.1, -0.05) is 60.7 Å². The summed E-state index contributed by atoms with van der Waals surface area (Å²) in [6.45, 7) is 0. The second-order valence-corrected chi connectivity index (χ2v) is 8.80. The normalized spacial score (nSPS) is 11.8. The number of rotatable bonds is 5. The number of halogens is 3. The van der Waals surface area contributed by atoms with Crippen LogP contribution in [0, 0.1) is 0 Å². The largest absolute Gasteiger partial charge is 0.498 e. The Morgan fingerprint density at radius 1 is 0.727 bits per heavy atom. The van der Waals surface area contributed by atoms with Gasteiger partial charge in [-0.05, 0) is 36.4 Å². The average molecular weight is 470 g/mol. The molecular formula is C24H17F3N2O3S. The van der Waals surface area contributed by atoms with Crippen LogP contribution in [0.25, 0.3) is 10.8 Å². The lowest BCUT2D eigenvalue weighted by atomic mass is 10.1. The van der Waals surface area contributed by atoms with Crippen LogP contribution in [0.15, 0.2) is 102 Å². The smallest absolute Gasteiger partial charge is 0.321 e. The van der Waals surface area contributed by atoms with Gasteiger partial charge in [0.2, 0.25) is 0 Å². The fraction of sp³-hybridized carbons (Fsp3) is 0.0417. The third-order valence-corrected chi connectivity index (χ3v) is 6.72. The molecule has 0 spiro atoms. The van der Waals surface area contributed by atoms with Gasteiger partial charge in [0.15, 0.2) is 0 Å². The summed E-state index contributed by atoms with van der Waals surface area (Å²) in [4.78, 5) is 12.0. The van der Waals surface area contributed by atoms with Gasteiger partial charge in [-0.2, -0.15) is 4.31 Å². The van der Waals surface area contributed by atoms with Crippen molar-refractivity contribution < 1.29 is 26.4 Å². The topological polar surface area (TPSA) is 66.5 Å². The van der Waals surface area contributed by atoms with Gasteiger partial charge < -0.3 is 5.32 Å². The zero-order valence-corrected chi connectivity index (χ0v) is 17.8. The molecule has 9 heteroatoms. The van der Waals surface area contributed by atoms with Gasteiger partial charge in [-0.15, -0.1) is 13.2 Å². The third kappa shape index (κ3) is 4.40. The highest BCUT2D eigenvalue weighted by Crippen LogP contribution is 2.38. The number of nitrogens with one attached hydrogen (secondary N) is 1. The summed E-state index contributed by atoms with van der Waals surface area (Å²) < 4.78 is 67.7. The van der Waals surface area contributed by atoms with Crippen LogP contribution >= 0.6 is 0 Å². The Bertz CT molecular complexity index is 1410. The summed E-state index contributed by atoms with van der Waals surface area (Å²) in [5.41, 5.74) is 0.123. The van der Waals surface area contributed by atoms with Crippen molar-refractivity contribution in [2.75, 3.05) is 9.62 Å². The van der Waals surface area contributed by atoms with E-state index >= 15 is 0 Å². The van der Waals surface area contributed by atoms with Gasteiger partial charge in [0.1, 0.15) is 0 Å². The van der Waals surface area contributed by atoms with Gasteiger partial charge in [0.25, 0.3) is 15.9 Å². The van der Waals surface area contributed by atoms with Crippen molar-refractivity contribution in [3.8, 4) is 0 Å². The molecule has 0 heterocycles. The van der Waals surface area contributed by atoms with Crippen molar-refractivity contribution in [2.24, 2.45) is 0 Å². The molecule has 0 unspecified atom stereocenters. The molecule has 1 amide bonds. The predicted octanol–water partition coefficient (Wildman–Crippen LogP) is 5.81. The molecule has 0 atom stereocenters. The van der Waals surface area contributed by atoms with Gasteiger partial charge >= 0.3 is 6.30 Å². The van der Waals surface area contributed by atoms with Gasteiger partial charge in [0.05, 0.1) is 10.6 Å². The first-order valence-electron chi connectivity index (χ1n) is 9.75. The van der Waals surface area contributed by atoms with E-state index in [0.29, 0.717) is 5.56 Å². The molecule has 4 aromatic carbocycles. The van der Waals surface area contributed by atoms with Gasteiger partial charge in [0, 0.05) is 22.0 Å². The summed E-state index contributed by atoms with van der Waals surface area (Å²) in [5.74, 6) is -0.433. The third-order valence-electron chi connectivity index (χ3n) is 4.91. The van der Waals surface area contributed by atoms with Crippen molar-refractivity contribution in [3.63, 3.8) is 0 Å². The first-order chi connectivity index (χ1) is 15.7. The molecule has 0 radical (unpaired) electrons. The molecule has 4 aromatic rings. The summed E-state index contributed by atoms with van der Waals surface area (Å²) >= 11 is 0. The maximum absolute atomic E-state index is 13.9. The standard InChI is InChI=1S/C24H17F3N2O3S/c25-24(26,27)29(18-11-5-2-6-12-18)33(31,32)22-16-15-21(19-13-7-8-14-20(19)22)28-23(30)17-9-3-1-4-10-17/h1-16H,(H,28,30). The second-order valence-electron chi connectivity index (χ2n) is 7.05. The second kappa shape index (κ2) is 8.59. The fourth-order valence-corrected chi connectivity index (χ4v) is 5.04. The Morgan fingerprint density at radius 2 is 1.27 bits per heavy atom. The molecule has 0 aliphatic carbocycles. The molecule has 0 aliphatic heterocycles. The quantitative estimate of drug-likeness (QED) is 0.375. The molecule has 0 bridgehead atoms. The predicted molar refractivity (Wildman–Crippen MR) is 121 cm³/mol. The van der Waals surface area contributed by atoms with Crippen LogP contribution < -0.4 is 9.62 Å². The number of nitrogens with zero attached hydrogens (tertiary/aromatic N) is 1. The Kier molecular flexibility index (Phi) is 5.82. The molecular weight excluding hydrogens is 453 g/mol. The van der Waals surface area contributed by atoms with E-state index in [4.69, 9.17) is 0 Å². The zero-order chi connectivity index (χ0) is 23.6. The van der Waals surface area contributed by atoms with Gasteiger partial charge in [-0.25, -0.2) is 8.42 Å². The maximum Gasteiger partial charge on any atom is 0.498 e. The SMILES string of the molecule is O=C(Nc1ccc(S(=O)(=O)N(c2ccccc2)C(F)(F)F)c2ccccc12)c1ccccc1. The summed E-state index contributed by atoms with van der Waals surface area (Å²) in [6, 6.07) is 23.1. The minimum Gasteiger partial charge on any atom is -0.321 e. The van der Waals surface area contributed by atoms with E-state index in [1.165, 1.54) is 42.5 Å². The van der Waals surface area contributed by atoms with E-state index in [0.717, 1.165) is 18.2 Å². The number of para-hydroxylation sites is 1. The van der Waals surface area contributed by atoms with Gasteiger partial charge in [-0.3, -0.25) is 4.79 Å². The maximum atomic E-state index is 13.9. The van der Waals surface area contributed by atoms with Crippen LogP contribution in [-0.2, 0) is 10.0 Å². The highest BCUT2D eigenvalue weighted by atomic mass is 32.2. The van der Waals surface area contributed by atoms with E-state index in [-0.39, 0.29) is 16.5 Å². The molecule has 1 N–H and O–H groups in total. The molecule has 33 heavy (non-hydrogen) atoms. The zero-order valence-electron chi connectivity index (χ0n) is 17.0. The van der Waals surface area contributed by atoms with Crippen molar-refractivity contribution in [3.05, 3.63) is 103 Å². The number of alkyl halides is 3. The van der Waals surface area contributed by atoms with Crippen LogP contribution in [0.2, 0.25) is 0 Å². The van der Waals surface area contributed by atoms with Crippen LogP contribution in [-0.4, -0.2) is 20.6 Å². The number of fused-ring (bicyclic) bond motifs is 1. The number of benzene rings is 4. The number of sulfonamides is 1. The number of hydrogen-bond donors (Lipinski definition) is 1. The molecule has 0 aliphatic rings. The van der Waals surface area contributed by atoms with Crippen LogP contribution in [0.4, 0.5) is 24.5 Å². The lowest BCUT2D eigenvalue weighted by molar-refractivity contribution is -0.115. The molecule has 0 fully saturated rings. The summed E-state index contributed by atoms with van der Waals surface area (Å²) in [7, 11) is -5.04. The Hall–Kier alpha value is -3.85. The Balaban J connectivity index is 1.83. The van der Waals surface area contributed by atoms with Crippen molar-refractivity contribution >= 4 is 38.1 Å². The van der Waals surface area contributed by atoms with Crippen LogP contribution in [0.1, 0.15) is 10.4 Å². The molecule has 168 valence electrons. The number of carbonyl (C=O) groups is 1. The van der Waals surface area contributed by atoms with E-state index in [1.807, 2.05) is 0 Å². The molecule has 0 saturated carbocycles. The van der Waals surface area contributed by atoms with Crippen LogP contribution in [0.3, 0.4) is 0 Å². The molecule has 0 aromatic heterocycles. The number of hydrogen-bond acceptors (Lipinski definition) is 3. The minimum absolute atomic E-state index is 0.0496. The number of carbonyl (C=O) groups excluding carboxylic acids is 1. The van der Waals surface area contributed by atoms with E-state index in [2.05, 4.69) is 5.32 Å².